The van der Waals surface area contributed by atoms with E-state index in [0.29, 0.717) is 5.92 Å². The van der Waals surface area contributed by atoms with Gasteiger partial charge in [0.2, 0.25) is 5.91 Å². The predicted molar refractivity (Wildman–Crippen MR) is 97.8 cm³/mol. The third-order valence-corrected chi connectivity index (χ3v) is 3.70. The van der Waals surface area contributed by atoms with Crippen molar-refractivity contribution < 1.29 is 9.59 Å². The zero-order valence-electron chi connectivity index (χ0n) is 15.5. The van der Waals surface area contributed by atoms with Gasteiger partial charge in [-0.25, -0.2) is 4.79 Å². The maximum atomic E-state index is 11.9. The molecule has 0 aliphatic heterocycles. The number of benzene rings is 1. The molecule has 5 nitrogen and oxygen atoms in total. The molecule has 0 saturated carbocycles. The van der Waals surface area contributed by atoms with Gasteiger partial charge >= 0.3 is 6.03 Å². The van der Waals surface area contributed by atoms with E-state index in [2.05, 4.69) is 61.0 Å². The minimum atomic E-state index is -0.457. The molecule has 0 aliphatic carbocycles. The van der Waals surface area contributed by atoms with E-state index in [0.717, 1.165) is 18.4 Å². The third kappa shape index (κ3) is 7.13. The number of amides is 3. The number of nitrogens with one attached hydrogen (secondary N) is 3. The van der Waals surface area contributed by atoms with Crippen LogP contribution in [0.2, 0.25) is 0 Å². The minimum absolute atomic E-state index is 0.00388. The molecule has 0 aliphatic rings. The molecule has 24 heavy (non-hydrogen) atoms. The smallest absolute Gasteiger partial charge is 0.321 e. The molecule has 1 rings (SSSR count). The molecular formula is C19H31N3O2. The van der Waals surface area contributed by atoms with Crippen LogP contribution in [0.25, 0.3) is 0 Å². The molecule has 0 fully saturated rings. The summed E-state index contributed by atoms with van der Waals surface area (Å²) in [5.74, 6) is 0.000666. The SMILES string of the molecule is CCCc1ccc([C@H](NCC(=O)NC(=O)NC(C)C)C(C)C)cc1. The highest BCUT2D eigenvalue weighted by atomic mass is 16.2. The van der Waals surface area contributed by atoms with Crippen molar-refractivity contribution in [3.8, 4) is 0 Å². The summed E-state index contributed by atoms with van der Waals surface area (Å²) in [6, 6.07) is 8.13. The summed E-state index contributed by atoms with van der Waals surface area (Å²) in [5.41, 5.74) is 2.48. The Balaban J connectivity index is 2.60. The first kappa shape index (κ1) is 20.2. The molecule has 0 bridgehead atoms. The monoisotopic (exact) mass is 333 g/mol. The topological polar surface area (TPSA) is 70.2 Å². The molecule has 3 N–H and O–H groups in total. The van der Waals surface area contributed by atoms with Crippen LogP contribution in [0.5, 0.6) is 0 Å². The van der Waals surface area contributed by atoms with Gasteiger partial charge in [0.15, 0.2) is 0 Å². The number of urea groups is 1. The Morgan fingerprint density at radius 2 is 1.67 bits per heavy atom. The predicted octanol–water partition coefficient (Wildman–Crippen LogP) is 3.16. The molecule has 0 radical (unpaired) electrons. The van der Waals surface area contributed by atoms with E-state index >= 15 is 0 Å². The maximum Gasteiger partial charge on any atom is 0.321 e. The lowest BCUT2D eigenvalue weighted by Gasteiger charge is -2.23. The van der Waals surface area contributed by atoms with E-state index in [9.17, 15) is 9.59 Å². The number of imide groups is 1. The highest BCUT2D eigenvalue weighted by Crippen LogP contribution is 2.22. The van der Waals surface area contributed by atoms with Crippen LogP contribution in [-0.2, 0) is 11.2 Å². The number of rotatable bonds is 8. The van der Waals surface area contributed by atoms with Gasteiger partial charge in [-0.15, -0.1) is 0 Å². The standard InChI is InChI=1S/C19H31N3O2/c1-6-7-15-8-10-16(11-9-15)18(13(2)3)20-12-17(23)22-19(24)21-14(4)5/h8-11,13-14,18,20H,6-7,12H2,1-5H3,(H2,21,22,23,24)/t18-/m1/s1. The molecule has 134 valence electrons. The first-order chi connectivity index (χ1) is 11.3. The van der Waals surface area contributed by atoms with Gasteiger partial charge < -0.3 is 10.6 Å². The third-order valence-electron chi connectivity index (χ3n) is 3.70. The molecule has 3 amide bonds. The van der Waals surface area contributed by atoms with Gasteiger partial charge in [-0.3, -0.25) is 10.1 Å². The summed E-state index contributed by atoms with van der Waals surface area (Å²) in [5, 5.41) is 8.22. The quantitative estimate of drug-likeness (QED) is 0.684. The molecule has 0 spiro atoms. The molecule has 0 unspecified atom stereocenters. The maximum absolute atomic E-state index is 11.9. The van der Waals surface area contributed by atoms with Crippen molar-refractivity contribution in [2.75, 3.05) is 6.54 Å². The van der Waals surface area contributed by atoms with Crippen LogP contribution in [0.4, 0.5) is 4.79 Å². The molecular weight excluding hydrogens is 302 g/mol. The number of carbonyl (C=O) groups excluding carboxylic acids is 2. The average molecular weight is 333 g/mol. The fourth-order valence-corrected chi connectivity index (χ4v) is 2.59. The number of hydrogen-bond donors (Lipinski definition) is 3. The Kier molecular flexibility index (Phi) is 8.47. The van der Waals surface area contributed by atoms with Gasteiger partial charge in [-0.2, -0.15) is 0 Å². The van der Waals surface area contributed by atoms with Crippen molar-refractivity contribution in [1.82, 2.24) is 16.0 Å². The fraction of sp³-hybridized carbons (Fsp3) is 0.579. The van der Waals surface area contributed by atoms with Crippen LogP contribution in [0, 0.1) is 5.92 Å². The van der Waals surface area contributed by atoms with Crippen LogP contribution in [0.1, 0.15) is 58.2 Å². The Bertz CT molecular complexity index is 524. The van der Waals surface area contributed by atoms with Crippen molar-refractivity contribution in [3.05, 3.63) is 35.4 Å². The summed E-state index contributed by atoms with van der Waals surface area (Å²) in [6.45, 7) is 10.2. The number of carbonyl (C=O) groups is 2. The van der Waals surface area contributed by atoms with E-state index in [1.807, 2.05) is 13.8 Å². The van der Waals surface area contributed by atoms with Gasteiger partial charge in [0.25, 0.3) is 0 Å². The van der Waals surface area contributed by atoms with Crippen LogP contribution in [0.15, 0.2) is 24.3 Å². The van der Waals surface area contributed by atoms with Crippen LogP contribution in [-0.4, -0.2) is 24.5 Å². The summed E-state index contributed by atoms with van der Waals surface area (Å²) >= 11 is 0. The van der Waals surface area contributed by atoms with Gasteiger partial charge in [0.05, 0.1) is 6.54 Å². The summed E-state index contributed by atoms with van der Waals surface area (Å²) in [6.07, 6.45) is 2.21. The summed E-state index contributed by atoms with van der Waals surface area (Å²) in [4.78, 5) is 23.4. The molecule has 1 atom stereocenters. The van der Waals surface area contributed by atoms with E-state index in [4.69, 9.17) is 0 Å². The second-order valence-electron chi connectivity index (χ2n) is 6.77. The second-order valence-corrected chi connectivity index (χ2v) is 6.77. The van der Waals surface area contributed by atoms with Crippen molar-refractivity contribution in [3.63, 3.8) is 0 Å². The van der Waals surface area contributed by atoms with E-state index in [1.165, 1.54) is 5.56 Å². The first-order valence-corrected chi connectivity index (χ1v) is 8.76. The molecule has 0 aromatic heterocycles. The average Bonchev–Trinajstić information content (AvgIpc) is 2.48. The normalized spacial score (nSPS) is 12.3. The lowest BCUT2D eigenvalue weighted by molar-refractivity contribution is -0.119. The number of aryl methyl sites for hydroxylation is 1. The largest absolute Gasteiger partial charge is 0.336 e. The molecule has 1 aromatic carbocycles. The lowest BCUT2D eigenvalue weighted by atomic mass is 9.94. The van der Waals surface area contributed by atoms with E-state index < -0.39 is 6.03 Å². The molecule has 0 heterocycles. The van der Waals surface area contributed by atoms with Crippen LogP contribution in [0.3, 0.4) is 0 Å². The lowest BCUT2D eigenvalue weighted by Crippen LogP contribution is -2.46. The van der Waals surface area contributed by atoms with Gasteiger partial charge in [-0.05, 0) is 37.3 Å². The second kappa shape index (κ2) is 10.1. The van der Waals surface area contributed by atoms with Crippen LogP contribution >= 0.6 is 0 Å². The molecule has 5 heteroatoms. The Labute approximate surface area is 145 Å². The minimum Gasteiger partial charge on any atom is -0.336 e. The Hall–Kier alpha value is -1.88. The Morgan fingerprint density at radius 1 is 1.04 bits per heavy atom. The van der Waals surface area contributed by atoms with Gasteiger partial charge in [0.1, 0.15) is 0 Å². The molecule has 0 saturated heterocycles. The van der Waals surface area contributed by atoms with Crippen LogP contribution < -0.4 is 16.0 Å². The zero-order chi connectivity index (χ0) is 18.1. The number of hydrogen-bond acceptors (Lipinski definition) is 3. The summed E-state index contributed by atoms with van der Waals surface area (Å²) in [7, 11) is 0. The Morgan fingerprint density at radius 3 is 2.17 bits per heavy atom. The first-order valence-electron chi connectivity index (χ1n) is 8.76. The fourth-order valence-electron chi connectivity index (χ4n) is 2.59. The highest BCUT2D eigenvalue weighted by molar-refractivity contribution is 5.95. The van der Waals surface area contributed by atoms with Crippen molar-refractivity contribution in [2.24, 2.45) is 5.92 Å². The highest BCUT2D eigenvalue weighted by Gasteiger charge is 2.17. The van der Waals surface area contributed by atoms with E-state index in [-0.39, 0.29) is 24.5 Å². The molecule has 1 aromatic rings. The van der Waals surface area contributed by atoms with Gasteiger partial charge in [-0.1, -0.05) is 51.5 Å². The van der Waals surface area contributed by atoms with Gasteiger partial charge in [0, 0.05) is 12.1 Å². The van der Waals surface area contributed by atoms with E-state index in [1.54, 1.807) is 0 Å². The van der Waals surface area contributed by atoms with Crippen molar-refractivity contribution in [1.29, 1.82) is 0 Å². The summed E-state index contributed by atoms with van der Waals surface area (Å²) < 4.78 is 0. The van der Waals surface area contributed by atoms with Crippen molar-refractivity contribution in [2.45, 2.75) is 59.5 Å². The zero-order valence-corrected chi connectivity index (χ0v) is 15.5. The van der Waals surface area contributed by atoms with Crippen molar-refractivity contribution >= 4 is 11.9 Å².